The molecule has 1 rings (SSSR count). The first-order chi connectivity index (χ1) is 7.08. The fourth-order valence-corrected chi connectivity index (χ4v) is 2.22. The van der Waals surface area contributed by atoms with Gasteiger partial charge in [-0.05, 0) is 20.5 Å². The van der Waals surface area contributed by atoms with Crippen molar-refractivity contribution >= 4 is 0 Å². The number of hydrogen-bond acceptors (Lipinski definition) is 3. The fraction of sp³-hybridized carbons (Fsp3) is 1.00. The molecule has 1 unspecified atom stereocenters. The predicted octanol–water partition coefficient (Wildman–Crippen LogP) is 0.809. The highest BCUT2D eigenvalue weighted by Crippen LogP contribution is 2.28. The second-order valence-electron chi connectivity index (χ2n) is 4.42. The highest BCUT2D eigenvalue weighted by molar-refractivity contribution is 4.87. The van der Waals surface area contributed by atoms with E-state index in [1.807, 2.05) is 7.05 Å². The monoisotopic (exact) mass is 222 g/mol. The van der Waals surface area contributed by atoms with Crippen molar-refractivity contribution in [1.82, 2.24) is 10.2 Å². The van der Waals surface area contributed by atoms with Gasteiger partial charge >= 0.3 is 0 Å². The Morgan fingerprint density at radius 2 is 2.27 bits per heavy atom. The van der Waals surface area contributed by atoms with Crippen LogP contribution in [0.15, 0.2) is 0 Å². The standard InChI is InChI=1S/C10H20F2N2O/c1-13-6-10(3-4-15-8-10)7-14(2)5-9(11)12/h9,13H,3-8H2,1-2H3. The molecule has 0 amide bonds. The van der Waals surface area contributed by atoms with Crippen LogP contribution in [0.3, 0.4) is 0 Å². The molecule has 0 aromatic rings. The van der Waals surface area contributed by atoms with E-state index < -0.39 is 6.43 Å². The molecule has 0 aromatic heterocycles. The average molecular weight is 222 g/mol. The van der Waals surface area contributed by atoms with E-state index in [4.69, 9.17) is 4.74 Å². The van der Waals surface area contributed by atoms with Crippen LogP contribution < -0.4 is 5.32 Å². The summed E-state index contributed by atoms with van der Waals surface area (Å²) < 4.78 is 29.7. The first-order valence-corrected chi connectivity index (χ1v) is 5.27. The largest absolute Gasteiger partial charge is 0.381 e. The Bertz CT molecular complexity index is 184. The highest BCUT2D eigenvalue weighted by atomic mass is 19.3. The van der Waals surface area contributed by atoms with Crippen LogP contribution in [0.2, 0.25) is 0 Å². The average Bonchev–Trinajstić information content (AvgIpc) is 2.51. The molecule has 0 spiro atoms. The van der Waals surface area contributed by atoms with Gasteiger partial charge in [-0.3, -0.25) is 0 Å². The molecule has 0 radical (unpaired) electrons. The van der Waals surface area contributed by atoms with Gasteiger partial charge in [-0.15, -0.1) is 0 Å². The molecule has 15 heavy (non-hydrogen) atoms. The third-order valence-electron chi connectivity index (χ3n) is 2.79. The smallest absolute Gasteiger partial charge is 0.251 e. The number of halogens is 2. The van der Waals surface area contributed by atoms with Crippen LogP contribution in [0.1, 0.15) is 6.42 Å². The predicted molar refractivity (Wildman–Crippen MR) is 55.3 cm³/mol. The lowest BCUT2D eigenvalue weighted by Crippen LogP contribution is -2.43. The van der Waals surface area contributed by atoms with Gasteiger partial charge in [0.1, 0.15) is 0 Å². The summed E-state index contributed by atoms with van der Waals surface area (Å²) in [7, 11) is 3.62. The van der Waals surface area contributed by atoms with Crippen LogP contribution in [0, 0.1) is 5.41 Å². The molecule has 1 N–H and O–H groups in total. The van der Waals surface area contributed by atoms with E-state index in [0.29, 0.717) is 13.2 Å². The normalized spacial score (nSPS) is 26.8. The van der Waals surface area contributed by atoms with Crippen LogP contribution in [0.5, 0.6) is 0 Å². The molecule has 1 aliphatic rings. The zero-order valence-electron chi connectivity index (χ0n) is 9.43. The van der Waals surface area contributed by atoms with Gasteiger partial charge in [-0.2, -0.15) is 0 Å². The number of nitrogens with zero attached hydrogens (tertiary/aromatic N) is 1. The number of rotatable bonds is 6. The Balaban J connectivity index is 2.43. The van der Waals surface area contributed by atoms with E-state index in [2.05, 4.69) is 5.32 Å². The number of nitrogens with one attached hydrogen (secondary N) is 1. The lowest BCUT2D eigenvalue weighted by atomic mass is 9.86. The summed E-state index contributed by atoms with van der Waals surface area (Å²) in [5, 5.41) is 3.11. The van der Waals surface area contributed by atoms with E-state index in [1.165, 1.54) is 0 Å². The first-order valence-electron chi connectivity index (χ1n) is 5.27. The van der Waals surface area contributed by atoms with E-state index >= 15 is 0 Å². The van der Waals surface area contributed by atoms with Crippen molar-refractivity contribution in [2.45, 2.75) is 12.8 Å². The lowest BCUT2D eigenvalue weighted by Gasteiger charge is -2.31. The minimum Gasteiger partial charge on any atom is -0.381 e. The summed E-state index contributed by atoms with van der Waals surface area (Å²) in [5.41, 5.74) is 0.0123. The van der Waals surface area contributed by atoms with Gasteiger partial charge in [-0.25, -0.2) is 8.78 Å². The van der Waals surface area contributed by atoms with Crippen molar-refractivity contribution in [3.63, 3.8) is 0 Å². The molecule has 5 heteroatoms. The van der Waals surface area contributed by atoms with E-state index in [1.54, 1.807) is 11.9 Å². The molecule has 3 nitrogen and oxygen atoms in total. The summed E-state index contributed by atoms with van der Waals surface area (Å²) in [4.78, 5) is 1.69. The SMILES string of the molecule is CNCC1(CN(C)CC(F)F)CCOC1. The molecular weight excluding hydrogens is 202 g/mol. The van der Waals surface area contributed by atoms with Gasteiger partial charge in [0, 0.05) is 25.1 Å². The van der Waals surface area contributed by atoms with Crippen molar-refractivity contribution in [3.8, 4) is 0 Å². The third kappa shape index (κ3) is 4.01. The van der Waals surface area contributed by atoms with Crippen LogP contribution in [-0.4, -0.2) is 58.3 Å². The summed E-state index contributed by atoms with van der Waals surface area (Å²) in [5.74, 6) is 0. The summed E-state index contributed by atoms with van der Waals surface area (Å²) >= 11 is 0. The molecule has 1 aliphatic heterocycles. The molecule has 1 atom stereocenters. The highest BCUT2D eigenvalue weighted by Gasteiger charge is 2.35. The molecule has 1 saturated heterocycles. The molecule has 90 valence electrons. The Hall–Kier alpha value is -0.260. The van der Waals surface area contributed by atoms with Gasteiger partial charge in [0.25, 0.3) is 6.43 Å². The van der Waals surface area contributed by atoms with E-state index in [0.717, 1.165) is 19.6 Å². The van der Waals surface area contributed by atoms with E-state index in [9.17, 15) is 8.78 Å². The minimum atomic E-state index is -2.26. The number of ether oxygens (including phenoxy) is 1. The zero-order valence-corrected chi connectivity index (χ0v) is 9.43. The molecule has 0 saturated carbocycles. The topological polar surface area (TPSA) is 24.5 Å². The van der Waals surface area contributed by atoms with Crippen LogP contribution in [-0.2, 0) is 4.74 Å². The van der Waals surface area contributed by atoms with Crippen molar-refractivity contribution in [2.24, 2.45) is 5.41 Å². The Kier molecular flexibility index (Phi) is 4.89. The molecule has 0 bridgehead atoms. The second kappa shape index (κ2) is 5.72. The van der Waals surface area contributed by atoms with Gasteiger partial charge in [0.2, 0.25) is 0 Å². The Morgan fingerprint density at radius 1 is 1.53 bits per heavy atom. The maximum Gasteiger partial charge on any atom is 0.251 e. The summed E-state index contributed by atoms with van der Waals surface area (Å²) in [6.45, 7) is 2.73. The molecular formula is C10H20F2N2O. The molecule has 1 heterocycles. The van der Waals surface area contributed by atoms with Gasteiger partial charge in [-0.1, -0.05) is 0 Å². The quantitative estimate of drug-likeness (QED) is 0.719. The van der Waals surface area contributed by atoms with Crippen LogP contribution >= 0.6 is 0 Å². The zero-order chi connectivity index (χ0) is 11.3. The fourth-order valence-electron chi connectivity index (χ4n) is 2.22. The van der Waals surface area contributed by atoms with Crippen molar-refractivity contribution in [1.29, 1.82) is 0 Å². The van der Waals surface area contributed by atoms with Crippen LogP contribution in [0.4, 0.5) is 8.78 Å². The van der Waals surface area contributed by atoms with E-state index in [-0.39, 0.29) is 12.0 Å². The molecule has 0 aromatic carbocycles. The maximum absolute atomic E-state index is 12.2. The van der Waals surface area contributed by atoms with Gasteiger partial charge in [0.05, 0.1) is 13.2 Å². The minimum absolute atomic E-state index is 0.0123. The number of alkyl halides is 2. The van der Waals surface area contributed by atoms with Crippen LogP contribution in [0.25, 0.3) is 0 Å². The van der Waals surface area contributed by atoms with Crippen molar-refractivity contribution in [2.75, 3.05) is 46.9 Å². The Labute approximate surface area is 89.8 Å². The lowest BCUT2D eigenvalue weighted by molar-refractivity contribution is 0.0674. The van der Waals surface area contributed by atoms with Gasteiger partial charge in [0.15, 0.2) is 0 Å². The molecule has 0 aliphatic carbocycles. The summed E-state index contributed by atoms with van der Waals surface area (Å²) in [6.07, 6.45) is -1.31. The summed E-state index contributed by atoms with van der Waals surface area (Å²) in [6, 6.07) is 0. The maximum atomic E-state index is 12.2. The van der Waals surface area contributed by atoms with Crippen molar-refractivity contribution < 1.29 is 13.5 Å². The third-order valence-corrected chi connectivity index (χ3v) is 2.79. The Morgan fingerprint density at radius 3 is 2.73 bits per heavy atom. The van der Waals surface area contributed by atoms with Gasteiger partial charge < -0.3 is 15.0 Å². The number of hydrogen-bond donors (Lipinski definition) is 1. The molecule has 1 fully saturated rings. The van der Waals surface area contributed by atoms with Crippen molar-refractivity contribution in [3.05, 3.63) is 0 Å². The second-order valence-corrected chi connectivity index (χ2v) is 4.42. The first kappa shape index (κ1) is 12.8.